The van der Waals surface area contributed by atoms with E-state index >= 15 is 0 Å². The molecule has 0 unspecified atom stereocenters. The Hall–Kier alpha value is -3.32. The molecule has 12 nitrogen and oxygen atoms in total. The molecule has 0 saturated heterocycles. The molecule has 3 amide bonds. The summed E-state index contributed by atoms with van der Waals surface area (Å²) in [4.78, 5) is 57.4. The molecule has 1 aromatic carbocycles. The van der Waals surface area contributed by atoms with Crippen molar-refractivity contribution in [2.45, 2.75) is 36.7 Å². The van der Waals surface area contributed by atoms with E-state index in [1.807, 2.05) is 0 Å². The molecule has 1 aromatic rings. The van der Waals surface area contributed by atoms with Gasteiger partial charge in [-0.05, 0) is 24.6 Å². The van der Waals surface area contributed by atoms with Gasteiger partial charge in [-0.25, -0.2) is 0 Å². The van der Waals surface area contributed by atoms with Gasteiger partial charge in [0.2, 0.25) is 17.7 Å². The van der Waals surface area contributed by atoms with Gasteiger partial charge in [-0.15, -0.1) is 11.8 Å². The van der Waals surface area contributed by atoms with Crippen LogP contribution in [0.1, 0.15) is 19.8 Å². The highest BCUT2D eigenvalue weighted by molar-refractivity contribution is 7.99. The van der Waals surface area contributed by atoms with Crippen LogP contribution in [0.15, 0.2) is 23.1 Å². The van der Waals surface area contributed by atoms with E-state index in [2.05, 4.69) is 16.0 Å². The van der Waals surface area contributed by atoms with Gasteiger partial charge in [-0.3, -0.25) is 24.0 Å². The van der Waals surface area contributed by atoms with Crippen LogP contribution in [-0.4, -0.2) is 69.4 Å². The van der Waals surface area contributed by atoms with Crippen molar-refractivity contribution in [2.24, 2.45) is 5.73 Å². The number of phenolic OH excluding ortho intramolecular Hbond substituents is 1. The summed E-state index contributed by atoms with van der Waals surface area (Å²) in [6.07, 6.45) is -0.415. The molecule has 0 fully saturated rings. The summed E-state index contributed by atoms with van der Waals surface area (Å²) in [5, 5.41) is 34.6. The Morgan fingerprint density at radius 1 is 1.16 bits per heavy atom. The fourth-order valence-corrected chi connectivity index (χ4v) is 3.24. The first-order valence-corrected chi connectivity index (χ1v) is 9.98. The third kappa shape index (κ3) is 9.82. The van der Waals surface area contributed by atoms with Crippen LogP contribution in [-0.2, 0) is 24.0 Å². The van der Waals surface area contributed by atoms with E-state index in [0.717, 1.165) is 11.8 Å². The predicted molar refractivity (Wildman–Crippen MR) is 111 cm³/mol. The number of aliphatic carboxylic acids is 2. The molecule has 0 aliphatic heterocycles. The number of amides is 3. The Bertz CT molecular complexity index is 848. The molecule has 13 heteroatoms. The summed E-state index contributed by atoms with van der Waals surface area (Å²) in [6.45, 7) is 0.650. The van der Waals surface area contributed by atoms with Crippen molar-refractivity contribution in [1.29, 1.82) is 0 Å². The highest BCUT2D eigenvalue weighted by Crippen LogP contribution is 2.31. The number of carboxylic acid groups (broad SMARTS) is 2. The number of rotatable bonds is 12. The summed E-state index contributed by atoms with van der Waals surface area (Å²) in [5.41, 5.74) is 5.76. The van der Waals surface area contributed by atoms with Crippen molar-refractivity contribution < 1.29 is 39.3 Å². The second-order valence-electron chi connectivity index (χ2n) is 6.39. The van der Waals surface area contributed by atoms with Crippen LogP contribution in [0, 0.1) is 0 Å². The first kappa shape index (κ1) is 25.7. The van der Waals surface area contributed by atoms with Crippen LogP contribution in [0.4, 0.5) is 5.69 Å². The Balaban J connectivity index is 2.85. The quantitative estimate of drug-likeness (QED) is 0.156. The molecule has 8 N–H and O–H groups in total. The zero-order chi connectivity index (χ0) is 23.6. The number of thioether (sulfide) groups is 1. The van der Waals surface area contributed by atoms with E-state index < -0.39 is 42.4 Å². The van der Waals surface area contributed by atoms with Crippen molar-refractivity contribution in [3.8, 4) is 5.75 Å². The van der Waals surface area contributed by atoms with E-state index in [4.69, 9.17) is 15.9 Å². The third-order valence-electron chi connectivity index (χ3n) is 3.75. The Kier molecular flexibility index (Phi) is 10.3. The minimum absolute atomic E-state index is 0.0841. The van der Waals surface area contributed by atoms with Gasteiger partial charge < -0.3 is 37.0 Å². The average Bonchev–Trinajstić information content (AvgIpc) is 2.68. The van der Waals surface area contributed by atoms with E-state index in [1.54, 1.807) is 0 Å². The summed E-state index contributed by atoms with van der Waals surface area (Å²) < 4.78 is 0. The molecular formula is C18H24N4O8S. The fourth-order valence-electron chi connectivity index (χ4n) is 2.23. The Morgan fingerprint density at radius 3 is 2.42 bits per heavy atom. The van der Waals surface area contributed by atoms with Gasteiger partial charge >= 0.3 is 11.9 Å². The number of nitrogens with two attached hydrogens (primary N) is 1. The zero-order valence-corrected chi connectivity index (χ0v) is 17.4. The monoisotopic (exact) mass is 456 g/mol. The second-order valence-corrected chi connectivity index (χ2v) is 7.45. The van der Waals surface area contributed by atoms with Crippen LogP contribution in [0.2, 0.25) is 0 Å². The first-order chi connectivity index (χ1) is 14.5. The van der Waals surface area contributed by atoms with E-state index in [1.165, 1.54) is 25.1 Å². The lowest BCUT2D eigenvalue weighted by molar-refractivity contribution is -0.139. The van der Waals surface area contributed by atoms with Gasteiger partial charge in [0, 0.05) is 24.8 Å². The van der Waals surface area contributed by atoms with Crippen LogP contribution < -0.4 is 21.7 Å². The van der Waals surface area contributed by atoms with Gasteiger partial charge in [0.05, 0.1) is 4.90 Å². The number of carboxylic acids is 2. The smallest absolute Gasteiger partial charge is 0.322 e. The number of hydrogen-bond donors (Lipinski definition) is 7. The van der Waals surface area contributed by atoms with Crippen molar-refractivity contribution in [1.82, 2.24) is 10.6 Å². The standard InChI is InChI=1S/C18H24N4O8S/c1-9(23)21-10-2-4-13(24)14(6-10)31-8-12(17(28)20-7-16(26)27)22-15(25)5-3-11(19)18(29)30/h2,4,6,11-12,24H,3,5,7-8,19H2,1H3,(H,20,28)(H,21,23)(H,22,25)(H,26,27)(H,29,30)/t11-,12-/m1/s1. The first-order valence-electron chi connectivity index (χ1n) is 9.00. The Morgan fingerprint density at radius 2 is 1.84 bits per heavy atom. The molecule has 2 atom stereocenters. The molecule has 0 radical (unpaired) electrons. The number of nitrogens with one attached hydrogen (secondary N) is 3. The third-order valence-corrected chi connectivity index (χ3v) is 4.89. The lowest BCUT2D eigenvalue weighted by Gasteiger charge is -2.18. The lowest BCUT2D eigenvalue weighted by atomic mass is 10.1. The molecule has 0 aliphatic rings. The Labute approximate surface area is 181 Å². The van der Waals surface area contributed by atoms with Crippen LogP contribution in [0.25, 0.3) is 0 Å². The number of anilines is 1. The van der Waals surface area contributed by atoms with Gasteiger partial charge in [-0.2, -0.15) is 0 Å². The molecule has 1 rings (SSSR count). The second kappa shape index (κ2) is 12.4. The number of carbonyl (C=O) groups excluding carboxylic acids is 3. The van der Waals surface area contributed by atoms with E-state index in [-0.39, 0.29) is 30.3 Å². The van der Waals surface area contributed by atoms with E-state index in [0.29, 0.717) is 10.6 Å². The van der Waals surface area contributed by atoms with Crippen LogP contribution in [0.3, 0.4) is 0 Å². The average molecular weight is 456 g/mol. The maximum Gasteiger partial charge on any atom is 0.322 e. The van der Waals surface area contributed by atoms with Crippen molar-refractivity contribution in [3.05, 3.63) is 18.2 Å². The molecule has 0 saturated carbocycles. The maximum absolute atomic E-state index is 12.3. The van der Waals surface area contributed by atoms with Gasteiger partial charge in [0.15, 0.2) is 0 Å². The number of benzene rings is 1. The van der Waals surface area contributed by atoms with Crippen molar-refractivity contribution in [3.63, 3.8) is 0 Å². The summed E-state index contributed by atoms with van der Waals surface area (Å²) >= 11 is 0.987. The van der Waals surface area contributed by atoms with Crippen molar-refractivity contribution >= 4 is 47.1 Å². The number of aromatic hydroxyl groups is 1. The normalized spacial score (nSPS) is 12.3. The maximum atomic E-state index is 12.3. The number of phenols is 1. The lowest BCUT2D eigenvalue weighted by Crippen LogP contribution is -2.49. The minimum atomic E-state index is -1.28. The van der Waals surface area contributed by atoms with Gasteiger partial charge in [-0.1, -0.05) is 0 Å². The van der Waals surface area contributed by atoms with Gasteiger partial charge in [0.25, 0.3) is 0 Å². The SMILES string of the molecule is CC(=O)Nc1ccc(O)c(SC[C@@H](NC(=O)CC[C@@H](N)C(=O)O)C(=O)NCC(=O)O)c1. The van der Waals surface area contributed by atoms with Crippen molar-refractivity contribution in [2.75, 3.05) is 17.6 Å². The molecule has 0 bridgehead atoms. The predicted octanol–water partition coefficient (Wildman–Crippen LogP) is -0.680. The molecule has 0 heterocycles. The van der Waals surface area contributed by atoms with Crippen LogP contribution in [0.5, 0.6) is 5.75 Å². The molecular weight excluding hydrogens is 432 g/mol. The summed E-state index contributed by atoms with van der Waals surface area (Å²) in [5.74, 6) is -4.50. The molecule has 0 aromatic heterocycles. The minimum Gasteiger partial charge on any atom is -0.507 e. The molecule has 31 heavy (non-hydrogen) atoms. The van der Waals surface area contributed by atoms with E-state index in [9.17, 15) is 29.1 Å². The largest absolute Gasteiger partial charge is 0.507 e. The number of carbonyl (C=O) groups is 5. The topological polar surface area (TPSA) is 208 Å². The van der Waals surface area contributed by atoms with Crippen LogP contribution >= 0.6 is 11.8 Å². The highest BCUT2D eigenvalue weighted by Gasteiger charge is 2.23. The molecule has 0 spiro atoms. The fraction of sp³-hybridized carbons (Fsp3) is 0.389. The van der Waals surface area contributed by atoms with Gasteiger partial charge in [0.1, 0.15) is 24.4 Å². The molecule has 0 aliphatic carbocycles. The summed E-state index contributed by atoms with van der Waals surface area (Å²) in [6, 6.07) is 1.88. The highest BCUT2D eigenvalue weighted by atomic mass is 32.2. The zero-order valence-electron chi connectivity index (χ0n) is 16.6. The number of hydrogen-bond acceptors (Lipinski definition) is 8. The molecule has 170 valence electrons. The summed E-state index contributed by atoms with van der Waals surface area (Å²) in [7, 11) is 0.